The number of halogens is 1. The van der Waals surface area contributed by atoms with E-state index in [1.807, 2.05) is 0 Å². The molecule has 0 aliphatic heterocycles. The maximum atomic E-state index is 13.1. The van der Waals surface area contributed by atoms with Gasteiger partial charge >= 0.3 is 0 Å². The van der Waals surface area contributed by atoms with Crippen LogP contribution in [0.4, 0.5) is 4.39 Å². The SMILES string of the molecule is COCCOCc1ccc(F)cc1C#CCN. The molecule has 0 heterocycles. The second kappa shape index (κ2) is 7.80. The van der Waals surface area contributed by atoms with Crippen molar-refractivity contribution in [3.05, 3.63) is 35.1 Å². The van der Waals surface area contributed by atoms with E-state index in [-0.39, 0.29) is 12.4 Å². The van der Waals surface area contributed by atoms with Crippen molar-refractivity contribution in [1.29, 1.82) is 0 Å². The van der Waals surface area contributed by atoms with E-state index in [2.05, 4.69) is 11.8 Å². The summed E-state index contributed by atoms with van der Waals surface area (Å²) in [6.07, 6.45) is 0. The number of hydrogen-bond donors (Lipinski definition) is 1. The van der Waals surface area contributed by atoms with Crippen LogP contribution in [0.3, 0.4) is 0 Å². The first-order valence-corrected chi connectivity index (χ1v) is 5.32. The highest BCUT2D eigenvalue weighted by Crippen LogP contribution is 2.11. The molecular weight excluding hydrogens is 221 g/mol. The third-order valence-electron chi connectivity index (χ3n) is 2.09. The summed E-state index contributed by atoms with van der Waals surface area (Å²) < 4.78 is 23.3. The number of rotatable bonds is 5. The lowest BCUT2D eigenvalue weighted by Crippen LogP contribution is -2.03. The molecule has 0 aromatic heterocycles. The van der Waals surface area contributed by atoms with E-state index in [0.717, 1.165) is 5.56 Å². The Kier molecular flexibility index (Phi) is 6.26. The van der Waals surface area contributed by atoms with E-state index >= 15 is 0 Å². The van der Waals surface area contributed by atoms with E-state index in [0.29, 0.717) is 25.4 Å². The van der Waals surface area contributed by atoms with Crippen LogP contribution in [0, 0.1) is 17.7 Å². The molecule has 0 spiro atoms. The molecule has 0 saturated heterocycles. The number of nitrogens with two attached hydrogens (primary N) is 1. The number of benzene rings is 1. The zero-order valence-corrected chi connectivity index (χ0v) is 9.83. The average Bonchev–Trinajstić information content (AvgIpc) is 2.34. The van der Waals surface area contributed by atoms with Crippen LogP contribution in [0.15, 0.2) is 18.2 Å². The summed E-state index contributed by atoms with van der Waals surface area (Å²) in [5.41, 5.74) is 6.76. The predicted octanol–water partition coefficient (Wildman–Crippen LogP) is 1.30. The minimum absolute atomic E-state index is 0.250. The Bertz CT molecular complexity index is 410. The molecule has 0 bridgehead atoms. The fraction of sp³-hybridized carbons (Fsp3) is 0.385. The fourth-order valence-corrected chi connectivity index (χ4v) is 1.26. The molecule has 0 atom stereocenters. The second-order valence-corrected chi connectivity index (χ2v) is 3.35. The number of methoxy groups -OCH3 is 1. The molecule has 92 valence electrons. The first-order valence-electron chi connectivity index (χ1n) is 5.32. The standard InChI is InChI=1S/C13H16FNO2/c1-16-7-8-17-10-12-4-5-13(14)9-11(12)3-2-6-15/h4-5,9H,6-8,10,15H2,1H3. The molecule has 0 amide bonds. The minimum atomic E-state index is -0.313. The Morgan fingerprint density at radius 3 is 2.88 bits per heavy atom. The first-order chi connectivity index (χ1) is 8.27. The van der Waals surface area contributed by atoms with Gasteiger partial charge in [-0.2, -0.15) is 0 Å². The van der Waals surface area contributed by atoms with Gasteiger partial charge in [0.2, 0.25) is 0 Å². The summed E-state index contributed by atoms with van der Waals surface area (Å²) >= 11 is 0. The monoisotopic (exact) mass is 237 g/mol. The van der Waals surface area contributed by atoms with Gasteiger partial charge in [-0.05, 0) is 17.7 Å². The third kappa shape index (κ3) is 4.96. The smallest absolute Gasteiger partial charge is 0.124 e. The van der Waals surface area contributed by atoms with Crippen molar-refractivity contribution in [2.24, 2.45) is 5.73 Å². The van der Waals surface area contributed by atoms with Crippen LogP contribution in [0.5, 0.6) is 0 Å². The highest BCUT2D eigenvalue weighted by molar-refractivity contribution is 5.41. The summed E-state index contributed by atoms with van der Waals surface area (Å²) in [5, 5.41) is 0. The Labute approximate surface area is 101 Å². The van der Waals surface area contributed by atoms with Gasteiger partial charge in [-0.1, -0.05) is 17.9 Å². The van der Waals surface area contributed by atoms with Crippen molar-refractivity contribution < 1.29 is 13.9 Å². The summed E-state index contributed by atoms with van der Waals surface area (Å²) in [6, 6.07) is 4.45. The molecule has 1 rings (SSSR count). The Morgan fingerprint density at radius 1 is 1.35 bits per heavy atom. The lowest BCUT2D eigenvalue weighted by Gasteiger charge is -2.06. The van der Waals surface area contributed by atoms with Crippen LogP contribution in [0.25, 0.3) is 0 Å². The van der Waals surface area contributed by atoms with Gasteiger partial charge in [0, 0.05) is 12.7 Å². The predicted molar refractivity (Wildman–Crippen MR) is 63.9 cm³/mol. The number of ether oxygens (including phenoxy) is 2. The molecule has 0 unspecified atom stereocenters. The topological polar surface area (TPSA) is 44.5 Å². The lowest BCUT2D eigenvalue weighted by molar-refractivity contribution is 0.0615. The highest BCUT2D eigenvalue weighted by Gasteiger charge is 2.02. The Hall–Kier alpha value is -1.41. The summed E-state index contributed by atoms with van der Waals surface area (Å²) in [6.45, 7) is 1.67. The van der Waals surface area contributed by atoms with Gasteiger partial charge in [0.25, 0.3) is 0 Å². The van der Waals surface area contributed by atoms with E-state index < -0.39 is 0 Å². The third-order valence-corrected chi connectivity index (χ3v) is 2.09. The van der Waals surface area contributed by atoms with Crippen molar-refractivity contribution in [2.75, 3.05) is 26.9 Å². The van der Waals surface area contributed by atoms with Gasteiger partial charge in [0.1, 0.15) is 5.82 Å². The van der Waals surface area contributed by atoms with Crippen LogP contribution in [-0.4, -0.2) is 26.9 Å². The van der Waals surface area contributed by atoms with Crippen molar-refractivity contribution in [3.63, 3.8) is 0 Å². The Balaban J connectivity index is 2.69. The zero-order valence-electron chi connectivity index (χ0n) is 9.83. The molecular formula is C13H16FNO2. The van der Waals surface area contributed by atoms with E-state index in [4.69, 9.17) is 15.2 Å². The number of hydrogen-bond acceptors (Lipinski definition) is 3. The largest absolute Gasteiger partial charge is 0.382 e. The fourth-order valence-electron chi connectivity index (χ4n) is 1.26. The van der Waals surface area contributed by atoms with Crippen molar-refractivity contribution >= 4 is 0 Å². The quantitative estimate of drug-likeness (QED) is 0.620. The van der Waals surface area contributed by atoms with Crippen LogP contribution in [-0.2, 0) is 16.1 Å². The second-order valence-electron chi connectivity index (χ2n) is 3.35. The van der Waals surface area contributed by atoms with Crippen molar-refractivity contribution in [2.45, 2.75) is 6.61 Å². The van der Waals surface area contributed by atoms with E-state index in [1.54, 1.807) is 13.2 Å². The molecule has 0 radical (unpaired) electrons. The normalized spacial score (nSPS) is 9.82. The van der Waals surface area contributed by atoms with Gasteiger partial charge in [-0.25, -0.2) is 4.39 Å². The van der Waals surface area contributed by atoms with Crippen molar-refractivity contribution in [1.82, 2.24) is 0 Å². The van der Waals surface area contributed by atoms with Gasteiger partial charge < -0.3 is 15.2 Å². The first kappa shape index (κ1) is 13.7. The molecule has 1 aromatic carbocycles. The summed E-state index contributed by atoms with van der Waals surface area (Å²) in [4.78, 5) is 0. The molecule has 0 aliphatic carbocycles. The molecule has 17 heavy (non-hydrogen) atoms. The van der Waals surface area contributed by atoms with Crippen molar-refractivity contribution in [3.8, 4) is 11.8 Å². The van der Waals surface area contributed by atoms with E-state index in [1.165, 1.54) is 12.1 Å². The Morgan fingerprint density at radius 2 is 2.18 bits per heavy atom. The van der Waals surface area contributed by atoms with Gasteiger partial charge in [0.05, 0.1) is 26.4 Å². The molecule has 0 fully saturated rings. The molecule has 3 nitrogen and oxygen atoms in total. The molecule has 1 aromatic rings. The maximum absolute atomic E-state index is 13.1. The summed E-state index contributed by atoms with van der Waals surface area (Å²) in [5.74, 6) is 5.22. The molecule has 0 aliphatic rings. The zero-order chi connectivity index (χ0) is 12.5. The van der Waals surface area contributed by atoms with Crippen LogP contribution < -0.4 is 5.73 Å². The van der Waals surface area contributed by atoms with Crippen LogP contribution in [0.1, 0.15) is 11.1 Å². The minimum Gasteiger partial charge on any atom is -0.382 e. The lowest BCUT2D eigenvalue weighted by atomic mass is 10.1. The average molecular weight is 237 g/mol. The van der Waals surface area contributed by atoms with E-state index in [9.17, 15) is 4.39 Å². The molecule has 2 N–H and O–H groups in total. The van der Waals surface area contributed by atoms with Gasteiger partial charge in [-0.3, -0.25) is 0 Å². The van der Waals surface area contributed by atoms with Crippen LogP contribution >= 0.6 is 0 Å². The maximum Gasteiger partial charge on any atom is 0.124 e. The summed E-state index contributed by atoms with van der Waals surface area (Å²) in [7, 11) is 1.61. The van der Waals surface area contributed by atoms with Gasteiger partial charge in [-0.15, -0.1) is 0 Å². The van der Waals surface area contributed by atoms with Gasteiger partial charge in [0.15, 0.2) is 0 Å². The highest BCUT2D eigenvalue weighted by atomic mass is 19.1. The molecule has 4 heteroatoms. The molecule has 0 saturated carbocycles. The van der Waals surface area contributed by atoms with Crippen LogP contribution in [0.2, 0.25) is 0 Å².